The molecule has 0 atom stereocenters. The van der Waals surface area contributed by atoms with Gasteiger partial charge in [0.15, 0.2) is 0 Å². The van der Waals surface area contributed by atoms with Crippen molar-refractivity contribution in [2.45, 2.75) is 20.3 Å². The SMILES string of the molecule is C=CC1=CC=C(N(c2ccc(C)cc2)c2cccc(C=CC)c2C=C)C=CC1. The molecule has 0 N–H and O–H groups in total. The van der Waals surface area contributed by atoms with Gasteiger partial charge in [-0.15, -0.1) is 0 Å². The molecule has 0 heterocycles. The molecule has 2 aromatic rings. The van der Waals surface area contributed by atoms with Gasteiger partial charge in [-0.1, -0.05) is 79.4 Å². The smallest absolute Gasteiger partial charge is 0.0539 e. The summed E-state index contributed by atoms with van der Waals surface area (Å²) in [5, 5.41) is 0. The summed E-state index contributed by atoms with van der Waals surface area (Å²) < 4.78 is 0. The van der Waals surface area contributed by atoms with E-state index in [2.05, 4.69) is 104 Å². The first-order valence-electron chi connectivity index (χ1n) is 9.62. The van der Waals surface area contributed by atoms with Crippen molar-refractivity contribution in [1.29, 1.82) is 0 Å². The van der Waals surface area contributed by atoms with Crippen LogP contribution < -0.4 is 4.90 Å². The minimum atomic E-state index is 0.887. The van der Waals surface area contributed by atoms with Crippen molar-refractivity contribution in [2.75, 3.05) is 4.90 Å². The van der Waals surface area contributed by atoms with Crippen LogP contribution in [0.3, 0.4) is 0 Å². The minimum absolute atomic E-state index is 0.887. The van der Waals surface area contributed by atoms with Crippen LogP contribution in [-0.4, -0.2) is 0 Å². The highest BCUT2D eigenvalue weighted by molar-refractivity contribution is 5.82. The molecule has 140 valence electrons. The topological polar surface area (TPSA) is 3.24 Å². The van der Waals surface area contributed by atoms with E-state index in [-0.39, 0.29) is 0 Å². The molecule has 0 aromatic heterocycles. The van der Waals surface area contributed by atoms with Crippen LogP contribution in [0.25, 0.3) is 12.2 Å². The Morgan fingerprint density at radius 3 is 2.43 bits per heavy atom. The van der Waals surface area contributed by atoms with Crippen molar-refractivity contribution >= 4 is 23.5 Å². The van der Waals surface area contributed by atoms with Crippen LogP contribution in [0, 0.1) is 6.92 Å². The standard InChI is InChI=1S/C27H27N/c1-5-10-23-12-9-14-27(26(23)7-3)28(25-18-15-21(4)16-19-25)24-13-8-11-22(6-2)17-20-24/h5-10,12-20H,2-3,11H2,1,4H3. The first kappa shape index (κ1) is 19.4. The van der Waals surface area contributed by atoms with Crippen LogP contribution in [0.15, 0.2) is 103 Å². The number of hydrogen-bond donors (Lipinski definition) is 0. The Morgan fingerprint density at radius 2 is 1.75 bits per heavy atom. The summed E-state index contributed by atoms with van der Waals surface area (Å²) in [7, 11) is 0. The Kier molecular flexibility index (Phi) is 6.29. The second-order valence-corrected chi connectivity index (χ2v) is 6.80. The van der Waals surface area contributed by atoms with Gasteiger partial charge in [-0.25, -0.2) is 0 Å². The summed E-state index contributed by atoms with van der Waals surface area (Å²) in [5.74, 6) is 0. The summed E-state index contributed by atoms with van der Waals surface area (Å²) in [6.45, 7) is 12.2. The molecule has 0 amide bonds. The van der Waals surface area contributed by atoms with E-state index >= 15 is 0 Å². The molecule has 1 heteroatoms. The highest BCUT2D eigenvalue weighted by Crippen LogP contribution is 2.36. The van der Waals surface area contributed by atoms with Crippen molar-refractivity contribution in [2.24, 2.45) is 0 Å². The molecule has 2 aromatic carbocycles. The number of allylic oxidation sites excluding steroid dienone is 7. The van der Waals surface area contributed by atoms with Crippen LogP contribution >= 0.6 is 0 Å². The number of rotatable bonds is 6. The van der Waals surface area contributed by atoms with Crippen LogP contribution in [0.1, 0.15) is 30.0 Å². The number of aryl methyl sites for hydroxylation is 1. The Morgan fingerprint density at radius 1 is 0.964 bits per heavy atom. The maximum absolute atomic E-state index is 4.09. The summed E-state index contributed by atoms with van der Waals surface area (Å²) >= 11 is 0. The van der Waals surface area contributed by atoms with Gasteiger partial charge in [0.2, 0.25) is 0 Å². The van der Waals surface area contributed by atoms with E-state index in [0.717, 1.165) is 34.6 Å². The molecule has 0 unspecified atom stereocenters. The molecule has 0 radical (unpaired) electrons. The lowest BCUT2D eigenvalue weighted by Crippen LogP contribution is -2.16. The number of nitrogens with zero attached hydrogens (tertiary/aromatic N) is 1. The quantitative estimate of drug-likeness (QED) is 0.505. The van der Waals surface area contributed by atoms with E-state index in [0.29, 0.717) is 0 Å². The highest BCUT2D eigenvalue weighted by atomic mass is 15.1. The van der Waals surface area contributed by atoms with Crippen molar-refractivity contribution < 1.29 is 0 Å². The summed E-state index contributed by atoms with van der Waals surface area (Å²) in [6.07, 6.45) is 17.6. The third-order valence-corrected chi connectivity index (χ3v) is 4.83. The summed E-state index contributed by atoms with van der Waals surface area (Å²) in [4.78, 5) is 2.29. The lowest BCUT2D eigenvalue weighted by atomic mass is 10.0. The van der Waals surface area contributed by atoms with Gasteiger partial charge in [0.1, 0.15) is 0 Å². The zero-order valence-electron chi connectivity index (χ0n) is 16.7. The van der Waals surface area contributed by atoms with E-state index in [9.17, 15) is 0 Å². The zero-order chi connectivity index (χ0) is 19.9. The number of benzene rings is 2. The summed E-state index contributed by atoms with van der Waals surface area (Å²) in [5.41, 5.74) is 8.08. The fraction of sp³-hybridized carbons (Fsp3) is 0.111. The van der Waals surface area contributed by atoms with Gasteiger partial charge in [0, 0.05) is 16.9 Å². The molecule has 1 nitrogen and oxygen atoms in total. The normalized spacial score (nSPS) is 13.6. The molecule has 28 heavy (non-hydrogen) atoms. The van der Waals surface area contributed by atoms with Crippen LogP contribution in [-0.2, 0) is 0 Å². The average molecular weight is 366 g/mol. The van der Waals surface area contributed by atoms with Crippen molar-refractivity contribution in [1.82, 2.24) is 0 Å². The molecular formula is C27H27N. The molecular weight excluding hydrogens is 338 g/mol. The Hall–Kier alpha value is -3.32. The second kappa shape index (κ2) is 9.05. The van der Waals surface area contributed by atoms with E-state index in [1.165, 1.54) is 11.1 Å². The van der Waals surface area contributed by atoms with E-state index < -0.39 is 0 Å². The van der Waals surface area contributed by atoms with Crippen molar-refractivity contribution in [3.63, 3.8) is 0 Å². The van der Waals surface area contributed by atoms with Crippen molar-refractivity contribution in [3.8, 4) is 0 Å². The predicted octanol–water partition coefficient (Wildman–Crippen LogP) is 7.77. The van der Waals surface area contributed by atoms with Crippen LogP contribution in [0.4, 0.5) is 11.4 Å². The molecule has 0 spiro atoms. The van der Waals surface area contributed by atoms with Gasteiger partial charge in [-0.3, -0.25) is 0 Å². The molecule has 0 bridgehead atoms. The highest BCUT2D eigenvalue weighted by Gasteiger charge is 2.17. The number of hydrogen-bond acceptors (Lipinski definition) is 1. The van der Waals surface area contributed by atoms with Gasteiger partial charge >= 0.3 is 0 Å². The van der Waals surface area contributed by atoms with E-state index in [4.69, 9.17) is 0 Å². The zero-order valence-corrected chi connectivity index (χ0v) is 16.7. The van der Waals surface area contributed by atoms with Gasteiger partial charge < -0.3 is 4.90 Å². The monoisotopic (exact) mass is 365 g/mol. The largest absolute Gasteiger partial charge is 0.310 e. The van der Waals surface area contributed by atoms with Gasteiger partial charge in [-0.05, 0) is 61.8 Å². The fourth-order valence-electron chi connectivity index (χ4n) is 3.37. The molecule has 0 aliphatic heterocycles. The first-order chi connectivity index (χ1) is 13.7. The maximum atomic E-state index is 4.09. The molecule has 0 fully saturated rings. The van der Waals surface area contributed by atoms with E-state index in [1.807, 2.05) is 19.1 Å². The molecule has 3 rings (SSSR count). The fourth-order valence-corrected chi connectivity index (χ4v) is 3.37. The van der Waals surface area contributed by atoms with Gasteiger partial charge in [0.25, 0.3) is 0 Å². The lowest BCUT2D eigenvalue weighted by molar-refractivity contribution is 1.20. The van der Waals surface area contributed by atoms with Crippen LogP contribution in [0.5, 0.6) is 0 Å². The summed E-state index contributed by atoms with van der Waals surface area (Å²) in [6, 6.07) is 15.0. The van der Waals surface area contributed by atoms with Crippen molar-refractivity contribution in [3.05, 3.63) is 120 Å². The van der Waals surface area contributed by atoms with Crippen LogP contribution in [0.2, 0.25) is 0 Å². The van der Waals surface area contributed by atoms with Gasteiger partial charge in [0.05, 0.1) is 5.69 Å². The average Bonchev–Trinajstić information content (AvgIpc) is 2.96. The molecule has 1 aliphatic rings. The second-order valence-electron chi connectivity index (χ2n) is 6.80. The Bertz CT molecular complexity index is 981. The Labute approximate surface area is 169 Å². The van der Waals surface area contributed by atoms with Gasteiger partial charge in [-0.2, -0.15) is 0 Å². The van der Waals surface area contributed by atoms with E-state index in [1.54, 1.807) is 0 Å². The molecule has 1 aliphatic carbocycles. The Balaban J connectivity index is 2.24. The maximum Gasteiger partial charge on any atom is 0.0539 e. The minimum Gasteiger partial charge on any atom is -0.310 e. The lowest BCUT2D eigenvalue weighted by Gasteiger charge is -2.28. The third-order valence-electron chi connectivity index (χ3n) is 4.83. The predicted molar refractivity (Wildman–Crippen MR) is 125 cm³/mol. The molecule has 0 saturated heterocycles. The third kappa shape index (κ3) is 4.15. The number of anilines is 2. The molecule has 0 saturated carbocycles. The first-order valence-corrected chi connectivity index (χ1v) is 9.62.